The predicted molar refractivity (Wildman–Crippen MR) is 90.4 cm³/mol. The average Bonchev–Trinajstić information content (AvgIpc) is 2.42. The first-order valence-electron chi connectivity index (χ1n) is 8.04. The van der Waals surface area contributed by atoms with Crippen molar-refractivity contribution in [3.63, 3.8) is 0 Å². The minimum Gasteiger partial charge on any atom is -0.598 e. The fraction of sp³-hybridized carbons (Fsp3) is 0.867. The van der Waals surface area contributed by atoms with Gasteiger partial charge >= 0.3 is 0 Å². The first kappa shape index (κ1) is 21.2. The summed E-state index contributed by atoms with van der Waals surface area (Å²) in [6, 6.07) is 0.118. The molecular formula is C15H31N3O3S. The van der Waals surface area contributed by atoms with Crippen molar-refractivity contribution in [2.45, 2.75) is 77.0 Å². The summed E-state index contributed by atoms with van der Waals surface area (Å²) in [6.45, 7) is 6.44. The van der Waals surface area contributed by atoms with Gasteiger partial charge in [0.15, 0.2) is 0 Å². The lowest BCUT2D eigenvalue weighted by atomic mass is 10.1. The second-order valence-electron chi connectivity index (χ2n) is 5.88. The van der Waals surface area contributed by atoms with E-state index in [1.54, 1.807) is 0 Å². The van der Waals surface area contributed by atoms with Gasteiger partial charge in [0.1, 0.15) is 5.25 Å². The smallest absolute Gasteiger partial charge is 0.220 e. The lowest BCUT2D eigenvalue weighted by Crippen LogP contribution is -2.33. The highest BCUT2D eigenvalue weighted by molar-refractivity contribution is 7.90. The SMILES string of the molecule is CC(CCCCC(N)=O)NC(=O)CCCCN[S+]([O-])C(C)C. The van der Waals surface area contributed by atoms with Gasteiger partial charge in [-0.1, -0.05) is 6.42 Å². The van der Waals surface area contributed by atoms with Crippen molar-refractivity contribution in [1.29, 1.82) is 0 Å². The van der Waals surface area contributed by atoms with Crippen LogP contribution in [-0.2, 0) is 21.0 Å². The van der Waals surface area contributed by atoms with Crippen LogP contribution in [0.4, 0.5) is 0 Å². The summed E-state index contributed by atoms with van der Waals surface area (Å²) in [7, 11) is 0. The molecule has 0 heterocycles. The molecule has 0 aromatic heterocycles. The second-order valence-corrected chi connectivity index (χ2v) is 7.70. The molecule has 0 rings (SSSR count). The third-order valence-electron chi connectivity index (χ3n) is 3.22. The molecular weight excluding hydrogens is 302 g/mol. The summed E-state index contributed by atoms with van der Waals surface area (Å²) < 4.78 is 14.4. The number of carbonyl (C=O) groups is 2. The molecule has 0 bridgehead atoms. The van der Waals surface area contributed by atoms with E-state index in [4.69, 9.17) is 5.73 Å². The molecule has 0 radical (unpaired) electrons. The lowest BCUT2D eigenvalue weighted by molar-refractivity contribution is -0.122. The van der Waals surface area contributed by atoms with Gasteiger partial charge in [-0.15, -0.1) is 4.72 Å². The molecule has 22 heavy (non-hydrogen) atoms. The molecule has 0 saturated heterocycles. The molecule has 0 aliphatic carbocycles. The molecule has 0 saturated carbocycles. The Hall–Kier alpha value is -0.790. The minimum absolute atomic E-state index is 0.0485. The van der Waals surface area contributed by atoms with Gasteiger partial charge in [0.2, 0.25) is 11.8 Å². The summed E-state index contributed by atoms with van der Waals surface area (Å²) in [5.41, 5.74) is 5.07. The highest BCUT2D eigenvalue weighted by Gasteiger charge is 2.11. The van der Waals surface area contributed by atoms with E-state index in [0.717, 1.165) is 32.1 Å². The topological polar surface area (TPSA) is 107 Å². The number of hydrogen-bond donors (Lipinski definition) is 3. The van der Waals surface area contributed by atoms with Crippen LogP contribution in [0.15, 0.2) is 0 Å². The van der Waals surface area contributed by atoms with Crippen molar-refractivity contribution in [3.05, 3.63) is 0 Å². The number of carbonyl (C=O) groups excluding carboxylic acids is 2. The number of primary amides is 1. The van der Waals surface area contributed by atoms with Gasteiger partial charge < -0.3 is 15.6 Å². The van der Waals surface area contributed by atoms with Crippen molar-refractivity contribution >= 4 is 23.2 Å². The first-order chi connectivity index (χ1) is 10.3. The molecule has 7 heteroatoms. The summed E-state index contributed by atoms with van der Waals surface area (Å²) in [4.78, 5) is 22.3. The fourth-order valence-corrected chi connectivity index (χ4v) is 2.60. The lowest BCUT2D eigenvalue weighted by Gasteiger charge is -2.15. The van der Waals surface area contributed by atoms with Crippen LogP contribution in [0.25, 0.3) is 0 Å². The molecule has 4 N–H and O–H groups in total. The third kappa shape index (κ3) is 12.9. The minimum atomic E-state index is -0.987. The van der Waals surface area contributed by atoms with E-state index in [0.29, 0.717) is 19.4 Å². The highest BCUT2D eigenvalue weighted by Crippen LogP contribution is 2.04. The maximum Gasteiger partial charge on any atom is 0.220 e. The standard InChI is InChI=1S/C15H31N3O3S/c1-12(2)22(21)17-11-7-6-10-15(20)18-13(3)8-4-5-9-14(16)19/h12-13,17H,4-11H2,1-3H3,(H2,16,19)(H,18,20). The average molecular weight is 333 g/mol. The van der Waals surface area contributed by atoms with E-state index in [2.05, 4.69) is 10.0 Å². The monoisotopic (exact) mass is 333 g/mol. The molecule has 2 amide bonds. The van der Waals surface area contributed by atoms with Gasteiger partial charge in [0, 0.05) is 36.8 Å². The number of rotatable bonds is 13. The number of nitrogens with one attached hydrogen (secondary N) is 2. The van der Waals surface area contributed by atoms with Gasteiger partial charge in [0.25, 0.3) is 0 Å². The molecule has 2 atom stereocenters. The van der Waals surface area contributed by atoms with Crippen molar-refractivity contribution in [3.8, 4) is 0 Å². The van der Waals surface area contributed by atoms with E-state index in [9.17, 15) is 14.1 Å². The summed E-state index contributed by atoms with van der Waals surface area (Å²) in [5.74, 6) is -0.226. The third-order valence-corrected chi connectivity index (χ3v) is 4.57. The van der Waals surface area contributed by atoms with Crippen molar-refractivity contribution in [1.82, 2.24) is 10.0 Å². The van der Waals surface area contributed by atoms with Gasteiger partial charge in [-0.25, -0.2) is 0 Å². The summed E-state index contributed by atoms with van der Waals surface area (Å²) in [6.07, 6.45) is 5.02. The maximum absolute atomic E-state index is 11.7. The molecule has 0 aromatic carbocycles. The van der Waals surface area contributed by atoms with E-state index in [1.165, 1.54) is 0 Å². The van der Waals surface area contributed by atoms with Crippen molar-refractivity contribution in [2.75, 3.05) is 6.54 Å². The van der Waals surface area contributed by atoms with Crippen LogP contribution >= 0.6 is 0 Å². The summed E-state index contributed by atoms with van der Waals surface area (Å²) >= 11 is -0.987. The normalized spacial score (nSPS) is 13.9. The van der Waals surface area contributed by atoms with Gasteiger partial charge in [-0.05, 0) is 46.5 Å². The Morgan fingerprint density at radius 1 is 1.09 bits per heavy atom. The Labute approximate surface area is 137 Å². The van der Waals surface area contributed by atoms with Crippen LogP contribution < -0.4 is 15.8 Å². The molecule has 6 nitrogen and oxygen atoms in total. The fourth-order valence-electron chi connectivity index (χ4n) is 1.92. The first-order valence-corrected chi connectivity index (χ1v) is 9.26. The van der Waals surface area contributed by atoms with Crippen molar-refractivity contribution < 1.29 is 14.1 Å². The molecule has 0 spiro atoms. The maximum atomic E-state index is 11.7. The molecule has 130 valence electrons. The highest BCUT2D eigenvalue weighted by atomic mass is 32.2. The Morgan fingerprint density at radius 2 is 1.73 bits per heavy atom. The Bertz CT molecular complexity index is 327. The molecule has 0 aliphatic rings. The van der Waals surface area contributed by atoms with E-state index in [1.807, 2.05) is 20.8 Å². The molecule has 0 aliphatic heterocycles. The second kappa shape index (κ2) is 12.7. The Balaban J connectivity index is 3.54. The van der Waals surface area contributed by atoms with Gasteiger partial charge in [-0.3, -0.25) is 9.59 Å². The van der Waals surface area contributed by atoms with Crippen LogP contribution in [0.2, 0.25) is 0 Å². The summed E-state index contributed by atoms with van der Waals surface area (Å²) in [5, 5.41) is 3.06. The number of amides is 2. The zero-order valence-electron chi connectivity index (χ0n) is 14.0. The zero-order chi connectivity index (χ0) is 17.0. The van der Waals surface area contributed by atoms with Crippen LogP contribution in [0.1, 0.15) is 65.7 Å². The Morgan fingerprint density at radius 3 is 2.32 bits per heavy atom. The molecule has 0 fully saturated rings. The number of nitrogens with two attached hydrogens (primary N) is 1. The van der Waals surface area contributed by atoms with Crippen LogP contribution in [0.3, 0.4) is 0 Å². The van der Waals surface area contributed by atoms with Crippen LogP contribution in [0, 0.1) is 0 Å². The van der Waals surface area contributed by atoms with Crippen LogP contribution in [0.5, 0.6) is 0 Å². The number of unbranched alkanes of at least 4 members (excludes halogenated alkanes) is 2. The zero-order valence-corrected chi connectivity index (χ0v) is 14.8. The quantitative estimate of drug-likeness (QED) is 0.349. The van der Waals surface area contributed by atoms with E-state index in [-0.39, 0.29) is 23.1 Å². The van der Waals surface area contributed by atoms with E-state index < -0.39 is 11.4 Å². The van der Waals surface area contributed by atoms with Gasteiger partial charge in [0.05, 0.1) is 0 Å². The van der Waals surface area contributed by atoms with Crippen LogP contribution in [-0.4, -0.2) is 34.2 Å². The van der Waals surface area contributed by atoms with Crippen molar-refractivity contribution in [2.24, 2.45) is 5.73 Å². The largest absolute Gasteiger partial charge is 0.598 e. The molecule has 0 aromatic rings. The Kier molecular flexibility index (Phi) is 12.3. The number of hydrogen-bond acceptors (Lipinski definition) is 4. The van der Waals surface area contributed by atoms with E-state index >= 15 is 0 Å². The van der Waals surface area contributed by atoms with Gasteiger partial charge in [-0.2, -0.15) is 0 Å². The molecule has 2 unspecified atom stereocenters. The predicted octanol–water partition coefficient (Wildman–Crippen LogP) is 1.37.